The number of nitrogens with one attached hydrogen (secondary N) is 1. The van der Waals surface area contributed by atoms with Crippen LogP contribution in [0.2, 0.25) is 0 Å². The molecule has 7 nitrogen and oxygen atoms in total. The summed E-state index contributed by atoms with van der Waals surface area (Å²) in [5.74, 6) is -0.380. The minimum atomic E-state index is -3.92. The Morgan fingerprint density at radius 2 is 2.05 bits per heavy atom. The fourth-order valence-corrected chi connectivity index (χ4v) is 2.51. The zero-order valence-electron chi connectivity index (χ0n) is 12.6. The van der Waals surface area contributed by atoms with Gasteiger partial charge in [-0.05, 0) is 25.1 Å². The Labute approximate surface area is 125 Å². The first-order chi connectivity index (χ1) is 9.66. The molecule has 21 heavy (non-hydrogen) atoms. The summed E-state index contributed by atoms with van der Waals surface area (Å²) in [6, 6.07) is 4.38. The van der Waals surface area contributed by atoms with Gasteiger partial charge in [0.2, 0.25) is 10.0 Å². The van der Waals surface area contributed by atoms with Crippen molar-refractivity contribution in [3.05, 3.63) is 23.8 Å². The highest BCUT2D eigenvalue weighted by molar-refractivity contribution is 7.89. The molecule has 0 heterocycles. The smallest absolute Gasteiger partial charge is 0.251 e. The number of carbonyl (C=O) groups is 1. The number of nitrogens with two attached hydrogens (primary N) is 1. The van der Waals surface area contributed by atoms with Gasteiger partial charge in [-0.3, -0.25) is 4.79 Å². The van der Waals surface area contributed by atoms with Gasteiger partial charge in [0, 0.05) is 33.3 Å². The highest BCUT2D eigenvalue weighted by Gasteiger charge is 2.18. The van der Waals surface area contributed by atoms with Crippen LogP contribution in [0.1, 0.15) is 17.3 Å². The van der Waals surface area contributed by atoms with E-state index in [9.17, 15) is 13.2 Å². The Morgan fingerprint density at radius 3 is 2.52 bits per heavy atom. The lowest BCUT2D eigenvalue weighted by molar-refractivity contribution is 0.0870. The van der Waals surface area contributed by atoms with Crippen LogP contribution in [0.15, 0.2) is 23.1 Å². The Balaban J connectivity index is 3.09. The van der Waals surface area contributed by atoms with E-state index in [0.29, 0.717) is 12.2 Å². The number of hydrogen-bond donors (Lipinski definition) is 2. The van der Waals surface area contributed by atoms with Crippen LogP contribution in [0.5, 0.6) is 0 Å². The number of primary sulfonamides is 1. The van der Waals surface area contributed by atoms with Gasteiger partial charge in [0.25, 0.3) is 5.91 Å². The van der Waals surface area contributed by atoms with E-state index in [4.69, 9.17) is 9.88 Å². The van der Waals surface area contributed by atoms with Crippen molar-refractivity contribution in [2.75, 3.05) is 32.6 Å². The molecule has 0 aliphatic carbocycles. The molecule has 0 aromatic heterocycles. The zero-order chi connectivity index (χ0) is 16.2. The number of ether oxygens (including phenoxy) is 1. The molecule has 0 aliphatic rings. The van der Waals surface area contributed by atoms with E-state index in [0.717, 1.165) is 0 Å². The quantitative estimate of drug-likeness (QED) is 0.779. The predicted molar refractivity (Wildman–Crippen MR) is 80.9 cm³/mol. The van der Waals surface area contributed by atoms with Gasteiger partial charge in [0.1, 0.15) is 4.90 Å². The van der Waals surface area contributed by atoms with Gasteiger partial charge in [-0.2, -0.15) is 0 Å². The third kappa shape index (κ3) is 4.69. The van der Waals surface area contributed by atoms with Gasteiger partial charge in [-0.15, -0.1) is 0 Å². The Bertz CT molecular complexity index is 614. The lowest BCUT2D eigenvalue weighted by atomic mass is 10.2. The van der Waals surface area contributed by atoms with E-state index in [2.05, 4.69) is 5.32 Å². The molecule has 1 rings (SSSR count). The number of sulfonamides is 1. The van der Waals surface area contributed by atoms with Crippen LogP contribution in [-0.4, -0.2) is 48.2 Å². The van der Waals surface area contributed by atoms with Crippen LogP contribution in [0, 0.1) is 0 Å². The minimum Gasteiger partial charge on any atom is -0.380 e. The van der Waals surface area contributed by atoms with E-state index in [1.54, 1.807) is 38.2 Å². The Kier molecular flexibility index (Phi) is 5.70. The van der Waals surface area contributed by atoms with Crippen molar-refractivity contribution >= 4 is 21.6 Å². The lowest BCUT2D eigenvalue weighted by Crippen LogP contribution is -2.31. The SMILES string of the molecule is COC(C)CNC(=O)c1ccc(N(C)C)c(S(N)(=O)=O)c1. The molecule has 8 heteroatoms. The van der Waals surface area contributed by atoms with Crippen molar-refractivity contribution in [3.8, 4) is 0 Å². The maximum atomic E-state index is 12.0. The summed E-state index contributed by atoms with van der Waals surface area (Å²) in [4.78, 5) is 13.5. The van der Waals surface area contributed by atoms with Gasteiger partial charge in [-0.25, -0.2) is 13.6 Å². The predicted octanol–water partition coefficient (Wildman–Crippen LogP) is 0.165. The number of methoxy groups -OCH3 is 1. The van der Waals surface area contributed by atoms with Crippen molar-refractivity contribution in [1.82, 2.24) is 5.32 Å². The highest BCUT2D eigenvalue weighted by atomic mass is 32.2. The van der Waals surface area contributed by atoms with Crippen LogP contribution in [0.25, 0.3) is 0 Å². The topological polar surface area (TPSA) is 102 Å². The summed E-state index contributed by atoms with van der Waals surface area (Å²) in [7, 11) is 1.02. The number of hydrogen-bond acceptors (Lipinski definition) is 5. The van der Waals surface area contributed by atoms with Crippen molar-refractivity contribution in [2.45, 2.75) is 17.9 Å². The number of nitrogens with zero attached hydrogens (tertiary/aromatic N) is 1. The average molecular weight is 315 g/mol. The Morgan fingerprint density at radius 1 is 1.43 bits per heavy atom. The van der Waals surface area contributed by atoms with Crippen LogP contribution in [0.3, 0.4) is 0 Å². The first-order valence-electron chi connectivity index (χ1n) is 6.32. The second-order valence-corrected chi connectivity index (χ2v) is 6.41. The molecular weight excluding hydrogens is 294 g/mol. The van der Waals surface area contributed by atoms with Crippen molar-refractivity contribution < 1.29 is 17.9 Å². The molecule has 0 saturated heterocycles. The molecule has 0 aliphatic heterocycles. The number of benzene rings is 1. The number of amides is 1. The molecule has 1 amide bonds. The number of anilines is 1. The van der Waals surface area contributed by atoms with Crippen molar-refractivity contribution in [3.63, 3.8) is 0 Å². The molecule has 118 valence electrons. The van der Waals surface area contributed by atoms with Gasteiger partial charge < -0.3 is 15.0 Å². The summed E-state index contributed by atoms with van der Waals surface area (Å²) >= 11 is 0. The molecule has 1 unspecified atom stereocenters. The number of carbonyl (C=O) groups excluding carboxylic acids is 1. The van der Waals surface area contributed by atoms with Crippen LogP contribution >= 0.6 is 0 Å². The molecule has 1 atom stereocenters. The van der Waals surface area contributed by atoms with E-state index in [1.165, 1.54) is 6.07 Å². The first kappa shape index (κ1) is 17.4. The average Bonchev–Trinajstić information content (AvgIpc) is 2.42. The second kappa shape index (κ2) is 6.88. The molecule has 0 saturated carbocycles. The fraction of sp³-hybridized carbons (Fsp3) is 0.462. The van der Waals surface area contributed by atoms with E-state index >= 15 is 0 Å². The highest BCUT2D eigenvalue weighted by Crippen LogP contribution is 2.23. The molecular formula is C13H21N3O4S. The van der Waals surface area contributed by atoms with Gasteiger partial charge >= 0.3 is 0 Å². The van der Waals surface area contributed by atoms with E-state index in [1.807, 2.05) is 6.92 Å². The standard InChI is InChI=1S/C13H21N3O4S/c1-9(20-4)8-15-13(17)10-5-6-11(16(2)3)12(7-10)21(14,18)19/h5-7,9H,8H2,1-4H3,(H,15,17)(H2,14,18,19). The minimum absolute atomic E-state index is 0.0834. The molecule has 1 aromatic carbocycles. The van der Waals surface area contributed by atoms with Gasteiger partial charge in [-0.1, -0.05) is 0 Å². The first-order valence-corrected chi connectivity index (χ1v) is 7.86. The van der Waals surface area contributed by atoms with Gasteiger partial charge in [0.05, 0.1) is 11.8 Å². The molecule has 3 N–H and O–H groups in total. The maximum Gasteiger partial charge on any atom is 0.251 e. The Hall–Kier alpha value is -1.64. The van der Waals surface area contributed by atoms with Crippen LogP contribution in [0.4, 0.5) is 5.69 Å². The fourth-order valence-electron chi connectivity index (χ4n) is 1.67. The molecule has 0 radical (unpaired) electrons. The van der Waals surface area contributed by atoms with Crippen LogP contribution < -0.4 is 15.4 Å². The summed E-state index contributed by atoms with van der Waals surface area (Å²) in [5.41, 5.74) is 0.659. The van der Waals surface area contributed by atoms with Crippen molar-refractivity contribution in [1.29, 1.82) is 0 Å². The summed E-state index contributed by atoms with van der Waals surface area (Å²) in [5, 5.41) is 7.87. The van der Waals surface area contributed by atoms with Crippen LogP contribution in [-0.2, 0) is 14.8 Å². The summed E-state index contributed by atoms with van der Waals surface area (Å²) < 4.78 is 28.3. The van der Waals surface area contributed by atoms with Crippen molar-refractivity contribution in [2.24, 2.45) is 5.14 Å². The molecule has 0 fully saturated rings. The lowest BCUT2D eigenvalue weighted by Gasteiger charge is -2.17. The molecule has 1 aromatic rings. The summed E-state index contributed by atoms with van der Waals surface area (Å²) in [6.07, 6.45) is -0.132. The van der Waals surface area contributed by atoms with E-state index < -0.39 is 10.0 Å². The van der Waals surface area contributed by atoms with E-state index in [-0.39, 0.29) is 22.5 Å². The molecule has 0 bridgehead atoms. The molecule has 0 spiro atoms. The normalized spacial score (nSPS) is 12.8. The number of rotatable bonds is 6. The monoisotopic (exact) mass is 315 g/mol. The third-order valence-corrected chi connectivity index (χ3v) is 3.90. The third-order valence-electron chi connectivity index (χ3n) is 2.96. The second-order valence-electron chi connectivity index (χ2n) is 4.88. The largest absolute Gasteiger partial charge is 0.380 e. The van der Waals surface area contributed by atoms with Gasteiger partial charge in [0.15, 0.2) is 0 Å². The maximum absolute atomic E-state index is 12.0. The zero-order valence-corrected chi connectivity index (χ0v) is 13.4. The summed E-state index contributed by atoms with van der Waals surface area (Å²) in [6.45, 7) is 2.14.